The fourth-order valence-electron chi connectivity index (χ4n) is 2.37. The van der Waals surface area contributed by atoms with Crippen molar-refractivity contribution in [1.82, 2.24) is 4.57 Å². The van der Waals surface area contributed by atoms with Crippen LogP contribution in [0, 0.1) is 0 Å². The van der Waals surface area contributed by atoms with Crippen molar-refractivity contribution in [1.29, 1.82) is 0 Å². The zero-order chi connectivity index (χ0) is 14.1. The molecular formula is C15H27N2O2+. The molecule has 1 rings (SSSR count). The number of aryl methyl sites for hydroxylation is 2. The molecule has 4 nitrogen and oxygen atoms in total. The van der Waals surface area contributed by atoms with E-state index in [0.29, 0.717) is 6.42 Å². The number of aromatic nitrogens is 2. The van der Waals surface area contributed by atoms with Crippen LogP contribution in [0.5, 0.6) is 0 Å². The number of carboxylic acids is 1. The lowest BCUT2D eigenvalue weighted by atomic mass is 10.1. The van der Waals surface area contributed by atoms with Gasteiger partial charge in [-0.2, -0.15) is 0 Å². The van der Waals surface area contributed by atoms with Crippen LogP contribution in [-0.2, 0) is 24.8 Å². The van der Waals surface area contributed by atoms with Crippen LogP contribution in [0.15, 0.2) is 12.4 Å². The Morgan fingerprint density at radius 3 is 2.68 bits per heavy atom. The highest BCUT2D eigenvalue weighted by Gasteiger charge is 2.13. The minimum atomic E-state index is -0.711. The largest absolute Gasteiger partial charge is 0.481 e. The first-order valence-electron chi connectivity index (χ1n) is 7.40. The van der Waals surface area contributed by atoms with E-state index in [2.05, 4.69) is 35.5 Å². The van der Waals surface area contributed by atoms with Crippen molar-refractivity contribution in [2.45, 2.75) is 64.8 Å². The summed E-state index contributed by atoms with van der Waals surface area (Å²) in [6, 6.07) is 0. The van der Waals surface area contributed by atoms with Gasteiger partial charge in [0.2, 0.25) is 0 Å². The molecule has 1 N–H and O–H groups in total. The second-order valence-corrected chi connectivity index (χ2v) is 5.18. The van der Waals surface area contributed by atoms with Gasteiger partial charge in [-0.1, -0.05) is 32.6 Å². The van der Waals surface area contributed by atoms with Gasteiger partial charge in [-0.15, -0.1) is 0 Å². The Morgan fingerprint density at radius 2 is 2.00 bits per heavy atom. The van der Waals surface area contributed by atoms with E-state index >= 15 is 0 Å². The third-order valence-electron chi connectivity index (χ3n) is 3.50. The molecule has 0 fully saturated rings. The number of carboxylic acid groups (broad SMARTS) is 1. The zero-order valence-corrected chi connectivity index (χ0v) is 12.3. The van der Waals surface area contributed by atoms with Gasteiger partial charge in [0, 0.05) is 12.8 Å². The molecule has 0 bridgehead atoms. The van der Waals surface area contributed by atoms with Gasteiger partial charge in [-0.05, 0) is 12.8 Å². The molecule has 0 spiro atoms. The van der Waals surface area contributed by atoms with Crippen LogP contribution in [-0.4, -0.2) is 15.6 Å². The molecule has 0 saturated carbocycles. The molecule has 0 unspecified atom stereocenters. The van der Waals surface area contributed by atoms with Crippen LogP contribution in [0.2, 0.25) is 0 Å². The summed E-state index contributed by atoms with van der Waals surface area (Å²) in [5.74, 6) is 0.597. The molecular weight excluding hydrogens is 240 g/mol. The van der Waals surface area contributed by atoms with E-state index in [9.17, 15) is 4.79 Å². The van der Waals surface area contributed by atoms with Crippen molar-refractivity contribution in [2.75, 3.05) is 0 Å². The molecule has 1 aromatic rings. The van der Waals surface area contributed by atoms with Crippen molar-refractivity contribution in [2.24, 2.45) is 7.05 Å². The lowest BCUT2D eigenvalue weighted by molar-refractivity contribution is -0.678. The van der Waals surface area contributed by atoms with Crippen LogP contribution in [0.4, 0.5) is 0 Å². The Hall–Kier alpha value is -1.32. The number of carbonyl (C=O) groups is 1. The van der Waals surface area contributed by atoms with E-state index in [4.69, 9.17) is 5.11 Å². The Morgan fingerprint density at radius 1 is 1.26 bits per heavy atom. The van der Waals surface area contributed by atoms with E-state index in [0.717, 1.165) is 13.0 Å². The predicted molar refractivity (Wildman–Crippen MR) is 74.9 cm³/mol. The SMILES string of the molecule is CCCCCCCc1n(CCCC(=O)O)cc[n+]1C. The molecule has 0 aliphatic carbocycles. The maximum absolute atomic E-state index is 10.5. The smallest absolute Gasteiger partial charge is 0.303 e. The Balaban J connectivity index is 2.38. The second-order valence-electron chi connectivity index (χ2n) is 5.18. The third-order valence-corrected chi connectivity index (χ3v) is 3.50. The number of hydrogen-bond donors (Lipinski definition) is 1. The van der Waals surface area contributed by atoms with Gasteiger partial charge >= 0.3 is 5.97 Å². The van der Waals surface area contributed by atoms with E-state index < -0.39 is 5.97 Å². The van der Waals surface area contributed by atoms with Gasteiger partial charge in [-0.25, -0.2) is 9.13 Å². The van der Waals surface area contributed by atoms with Crippen molar-refractivity contribution >= 4 is 5.97 Å². The lowest BCUT2D eigenvalue weighted by Gasteiger charge is -2.03. The normalized spacial score (nSPS) is 10.8. The second kappa shape index (κ2) is 8.73. The maximum atomic E-state index is 10.5. The third kappa shape index (κ3) is 5.90. The molecule has 0 amide bonds. The molecule has 0 saturated heterocycles. The summed E-state index contributed by atoms with van der Waals surface area (Å²) >= 11 is 0. The van der Waals surface area contributed by atoms with Crippen molar-refractivity contribution in [3.05, 3.63) is 18.2 Å². The molecule has 0 atom stereocenters. The average molecular weight is 267 g/mol. The summed E-state index contributed by atoms with van der Waals surface area (Å²) in [5, 5.41) is 8.68. The Bertz CT molecular complexity index is 385. The summed E-state index contributed by atoms with van der Waals surface area (Å²) in [5.41, 5.74) is 0. The first-order chi connectivity index (χ1) is 9.15. The molecule has 0 radical (unpaired) electrons. The van der Waals surface area contributed by atoms with Gasteiger partial charge in [-0.3, -0.25) is 4.79 Å². The molecule has 19 heavy (non-hydrogen) atoms. The van der Waals surface area contributed by atoms with E-state index in [1.807, 2.05) is 0 Å². The van der Waals surface area contributed by atoms with Gasteiger partial charge in [0.05, 0.1) is 13.6 Å². The topological polar surface area (TPSA) is 46.1 Å². The van der Waals surface area contributed by atoms with Gasteiger partial charge in [0.25, 0.3) is 5.82 Å². The first kappa shape index (κ1) is 15.7. The average Bonchev–Trinajstić information content (AvgIpc) is 2.70. The Kier molecular flexibility index (Phi) is 7.23. The van der Waals surface area contributed by atoms with Crippen molar-refractivity contribution in [3.63, 3.8) is 0 Å². The summed E-state index contributed by atoms with van der Waals surface area (Å²) in [4.78, 5) is 10.5. The number of aliphatic carboxylic acids is 1. The van der Waals surface area contributed by atoms with E-state index in [1.165, 1.54) is 37.9 Å². The standard InChI is InChI=1S/C15H26N2O2/c1-3-4-5-6-7-9-14-16(2)12-13-17(14)11-8-10-15(18)19/h12-13H,3-11H2,1-2H3/p+1. The minimum absolute atomic E-state index is 0.248. The van der Waals surface area contributed by atoms with Gasteiger partial charge in [0.15, 0.2) is 0 Å². The van der Waals surface area contributed by atoms with Crippen LogP contribution >= 0.6 is 0 Å². The van der Waals surface area contributed by atoms with E-state index in [-0.39, 0.29) is 6.42 Å². The molecule has 4 heteroatoms. The number of hydrogen-bond acceptors (Lipinski definition) is 1. The maximum Gasteiger partial charge on any atom is 0.303 e. The molecule has 0 aliphatic rings. The van der Waals surface area contributed by atoms with Crippen molar-refractivity contribution < 1.29 is 14.5 Å². The molecule has 0 aliphatic heterocycles. The van der Waals surface area contributed by atoms with Crippen LogP contribution < -0.4 is 4.57 Å². The molecule has 108 valence electrons. The van der Waals surface area contributed by atoms with E-state index in [1.54, 1.807) is 0 Å². The summed E-state index contributed by atoms with van der Waals surface area (Å²) < 4.78 is 4.35. The lowest BCUT2D eigenvalue weighted by Crippen LogP contribution is -2.32. The number of nitrogens with zero attached hydrogens (tertiary/aromatic N) is 2. The van der Waals surface area contributed by atoms with Crippen LogP contribution in [0.25, 0.3) is 0 Å². The Labute approximate surface area is 116 Å². The van der Waals surface area contributed by atoms with Gasteiger partial charge in [0.1, 0.15) is 12.4 Å². The highest BCUT2D eigenvalue weighted by molar-refractivity contribution is 5.66. The minimum Gasteiger partial charge on any atom is -0.481 e. The monoisotopic (exact) mass is 267 g/mol. The fraction of sp³-hybridized carbons (Fsp3) is 0.733. The first-order valence-corrected chi connectivity index (χ1v) is 7.40. The number of imidazole rings is 1. The number of unbranched alkanes of at least 4 members (excludes halogenated alkanes) is 4. The summed E-state index contributed by atoms with van der Waals surface area (Å²) in [6.07, 6.45) is 12.6. The van der Waals surface area contributed by atoms with Crippen LogP contribution in [0.3, 0.4) is 0 Å². The zero-order valence-electron chi connectivity index (χ0n) is 12.3. The molecule has 1 aromatic heterocycles. The van der Waals surface area contributed by atoms with Crippen molar-refractivity contribution in [3.8, 4) is 0 Å². The summed E-state index contributed by atoms with van der Waals surface area (Å²) in [7, 11) is 2.06. The number of rotatable bonds is 10. The van der Waals surface area contributed by atoms with Crippen LogP contribution in [0.1, 0.15) is 57.7 Å². The summed E-state index contributed by atoms with van der Waals surface area (Å²) in [6.45, 7) is 3.03. The highest BCUT2D eigenvalue weighted by Crippen LogP contribution is 2.08. The molecule has 0 aromatic carbocycles. The van der Waals surface area contributed by atoms with Gasteiger partial charge < -0.3 is 5.11 Å². The fourth-order valence-corrected chi connectivity index (χ4v) is 2.37. The predicted octanol–water partition coefficient (Wildman–Crippen LogP) is 2.69. The highest BCUT2D eigenvalue weighted by atomic mass is 16.4. The molecule has 1 heterocycles. The quantitative estimate of drug-likeness (QED) is 0.523.